The minimum absolute atomic E-state index is 0.0125. The Kier molecular flexibility index (Phi) is 7.82. The third-order valence-corrected chi connectivity index (χ3v) is 6.61. The van der Waals surface area contributed by atoms with Crippen LogP contribution in [-0.2, 0) is 4.79 Å². The molecule has 2 aliphatic heterocycles. The summed E-state index contributed by atoms with van der Waals surface area (Å²) in [4.78, 5) is 15.7. The van der Waals surface area contributed by atoms with E-state index in [9.17, 15) is 13.6 Å². The van der Waals surface area contributed by atoms with E-state index in [1.165, 1.54) is 7.11 Å². The molecule has 2 atom stereocenters. The molecule has 6 nitrogen and oxygen atoms in total. The summed E-state index contributed by atoms with van der Waals surface area (Å²) in [6, 6.07) is 4.96. The molecule has 1 fully saturated rings. The molecule has 0 aliphatic carbocycles. The number of piperazine rings is 1. The fourth-order valence-corrected chi connectivity index (χ4v) is 4.70. The van der Waals surface area contributed by atoms with Gasteiger partial charge < -0.3 is 24.6 Å². The predicted octanol–water partition coefficient (Wildman–Crippen LogP) is 3.44. The van der Waals surface area contributed by atoms with Gasteiger partial charge in [0.1, 0.15) is 0 Å². The average Bonchev–Trinajstić information content (AvgIpc) is 2.77. The lowest BCUT2D eigenvalue weighted by molar-refractivity contribution is -0.116. The fraction of sp³-hybridized carbons (Fsp3) is 0.381. The van der Waals surface area contributed by atoms with Crippen LogP contribution in [0.25, 0.3) is 5.31 Å². The summed E-state index contributed by atoms with van der Waals surface area (Å²) in [7, 11) is 1.64. The summed E-state index contributed by atoms with van der Waals surface area (Å²) in [5.74, 6) is 0.0944. The van der Waals surface area contributed by atoms with Gasteiger partial charge in [0.25, 0.3) is 0 Å². The number of nitrogens with zero attached hydrogens (tertiary/aromatic N) is 2. The maximum Gasteiger partial charge on any atom is 0.387 e. The van der Waals surface area contributed by atoms with Crippen LogP contribution in [-0.4, -0.2) is 61.9 Å². The van der Waals surface area contributed by atoms with E-state index in [4.69, 9.17) is 4.74 Å². The van der Waals surface area contributed by atoms with Crippen LogP contribution in [0.15, 0.2) is 48.3 Å². The zero-order valence-corrected chi connectivity index (χ0v) is 18.0. The number of amides is 1. The molecule has 1 aromatic rings. The van der Waals surface area contributed by atoms with Gasteiger partial charge in [-0.2, -0.15) is 8.78 Å². The van der Waals surface area contributed by atoms with Crippen molar-refractivity contribution in [3.8, 4) is 11.5 Å². The van der Waals surface area contributed by atoms with Gasteiger partial charge in [-0.15, -0.1) is 0 Å². The Hall–Kier alpha value is -2.44. The molecule has 9 heteroatoms. The van der Waals surface area contributed by atoms with Crippen LogP contribution in [0.5, 0.6) is 11.5 Å². The maximum atomic E-state index is 12.8. The van der Waals surface area contributed by atoms with E-state index >= 15 is 0 Å². The van der Waals surface area contributed by atoms with Crippen LogP contribution in [0, 0.1) is 0 Å². The summed E-state index contributed by atoms with van der Waals surface area (Å²) in [5, 5.41) is 4.26. The Morgan fingerprint density at radius 3 is 2.70 bits per heavy atom. The molecule has 0 spiro atoms. The first-order valence-electron chi connectivity index (χ1n) is 9.70. The molecular weight excluding hydrogens is 411 g/mol. The van der Waals surface area contributed by atoms with Crippen LogP contribution < -0.4 is 14.8 Å². The lowest BCUT2D eigenvalue weighted by Crippen LogP contribution is -2.43. The number of hydrogen-bond acceptors (Lipinski definition) is 5. The molecule has 1 amide bonds. The van der Waals surface area contributed by atoms with Gasteiger partial charge in [-0.3, -0.25) is 4.79 Å². The number of halogens is 2. The van der Waals surface area contributed by atoms with E-state index in [2.05, 4.69) is 21.0 Å². The van der Waals surface area contributed by atoms with Crippen molar-refractivity contribution < 1.29 is 23.0 Å². The molecule has 162 valence electrons. The van der Waals surface area contributed by atoms with Crippen LogP contribution in [0.4, 0.5) is 8.78 Å². The van der Waals surface area contributed by atoms with Crippen LogP contribution in [0.3, 0.4) is 0 Å². The number of ether oxygens (including phenoxy) is 2. The monoisotopic (exact) mass is 437 g/mol. The summed E-state index contributed by atoms with van der Waals surface area (Å²) >= 11 is 0. The van der Waals surface area contributed by atoms with Crippen LogP contribution >= 0.6 is 8.58 Å². The Morgan fingerprint density at radius 1 is 1.30 bits per heavy atom. The first-order valence-corrected chi connectivity index (χ1v) is 10.8. The fourth-order valence-electron chi connectivity index (χ4n) is 3.42. The number of carbonyl (C=O) groups is 1. The van der Waals surface area contributed by atoms with Crippen molar-refractivity contribution in [1.82, 2.24) is 15.1 Å². The summed E-state index contributed by atoms with van der Waals surface area (Å²) < 4.78 is 35.2. The van der Waals surface area contributed by atoms with Gasteiger partial charge in [0, 0.05) is 32.4 Å². The number of alkyl halides is 2. The summed E-state index contributed by atoms with van der Waals surface area (Å²) in [6.07, 6.45) is 8.71. The Labute approximate surface area is 177 Å². The smallest absolute Gasteiger partial charge is 0.387 e. The highest BCUT2D eigenvalue weighted by molar-refractivity contribution is 7.51. The molecule has 2 aliphatic rings. The van der Waals surface area contributed by atoms with Gasteiger partial charge in [-0.05, 0) is 36.0 Å². The van der Waals surface area contributed by atoms with Crippen LogP contribution in [0.2, 0.25) is 0 Å². The molecule has 0 bridgehead atoms. The molecule has 30 heavy (non-hydrogen) atoms. The van der Waals surface area contributed by atoms with Crippen molar-refractivity contribution >= 4 is 20.3 Å². The lowest BCUT2D eigenvalue weighted by atomic mass is 10.2. The third kappa shape index (κ3) is 5.37. The van der Waals surface area contributed by atoms with Gasteiger partial charge in [0.05, 0.1) is 18.6 Å². The van der Waals surface area contributed by atoms with Gasteiger partial charge in [0.2, 0.25) is 6.41 Å². The number of allylic oxidation sites excluding steroid dienone is 2. The highest BCUT2D eigenvalue weighted by Gasteiger charge is 2.22. The van der Waals surface area contributed by atoms with E-state index < -0.39 is 6.61 Å². The number of nitrogens with one attached hydrogen (secondary N) is 1. The summed E-state index contributed by atoms with van der Waals surface area (Å²) in [5.41, 5.74) is 1.77. The Bertz CT molecular complexity index is 839. The first kappa shape index (κ1) is 22.2. The average molecular weight is 437 g/mol. The molecule has 2 unspecified atom stereocenters. The van der Waals surface area contributed by atoms with Crippen LogP contribution in [0.1, 0.15) is 12.5 Å². The number of methoxy groups -OCH3 is 1. The number of benzene rings is 1. The van der Waals surface area contributed by atoms with E-state index in [1.54, 1.807) is 23.1 Å². The molecule has 0 saturated carbocycles. The molecule has 2 heterocycles. The van der Waals surface area contributed by atoms with Crippen molar-refractivity contribution in [2.75, 3.05) is 33.3 Å². The molecule has 1 saturated heterocycles. The number of carbonyl (C=O) groups excluding carboxylic acids is 1. The standard InChI is InChI=1S/C21H26F2N3O3P/c1-3-19(15-4-6-17(28-2)18(12-15)29-21(22)23)30-20-7-5-16(13-26(20)14-27)25-10-8-24-9-11-25/h3-7,12-14,20-21,24,30H,8-11H2,1-2H3/b19-3-. The second-order valence-electron chi connectivity index (χ2n) is 6.74. The SMILES string of the molecule is C/C=C(\PC1C=CC(N2CCNCC2)=CN1C=O)c1ccc(OC)c(OC(F)F)c1. The quantitative estimate of drug-likeness (QED) is 0.499. The second kappa shape index (κ2) is 10.5. The molecular formula is C21H26F2N3O3P. The molecule has 1 aromatic carbocycles. The summed E-state index contributed by atoms with van der Waals surface area (Å²) in [6.45, 7) is 2.58. The second-order valence-corrected chi connectivity index (χ2v) is 8.16. The van der Waals surface area contributed by atoms with E-state index in [0.717, 1.165) is 49.2 Å². The van der Waals surface area contributed by atoms with Gasteiger partial charge in [-0.25, -0.2) is 0 Å². The molecule has 0 aromatic heterocycles. The topological polar surface area (TPSA) is 54.0 Å². The zero-order chi connectivity index (χ0) is 21.5. The minimum Gasteiger partial charge on any atom is -0.493 e. The number of rotatable bonds is 8. The van der Waals surface area contributed by atoms with Crippen molar-refractivity contribution in [2.24, 2.45) is 0 Å². The third-order valence-electron chi connectivity index (χ3n) is 4.94. The highest BCUT2D eigenvalue weighted by atomic mass is 31.1. The maximum absolute atomic E-state index is 12.8. The Balaban J connectivity index is 1.76. The zero-order valence-electron chi connectivity index (χ0n) is 17.0. The molecule has 0 radical (unpaired) electrons. The van der Waals surface area contributed by atoms with Gasteiger partial charge in [-0.1, -0.05) is 26.8 Å². The Morgan fingerprint density at radius 2 is 2.07 bits per heavy atom. The van der Waals surface area contributed by atoms with Crippen molar-refractivity contribution in [3.05, 3.63) is 53.9 Å². The lowest BCUT2D eigenvalue weighted by Gasteiger charge is -2.35. The van der Waals surface area contributed by atoms with Crippen molar-refractivity contribution in [1.29, 1.82) is 0 Å². The molecule has 1 N–H and O–H groups in total. The van der Waals surface area contributed by atoms with E-state index in [0.29, 0.717) is 0 Å². The van der Waals surface area contributed by atoms with Crippen molar-refractivity contribution in [3.63, 3.8) is 0 Å². The van der Waals surface area contributed by atoms with Gasteiger partial charge in [0.15, 0.2) is 11.5 Å². The first-order chi connectivity index (χ1) is 14.5. The highest BCUT2D eigenvalue weighted by Crippen LogP contribution is 2.43. The van der Waals surface area contributed by atoms with Gasteiger partial charge >= 0.3 is 6.61 Å². The van der Waals surface area contributed by atoms with E-state index in [1.807, 2.05) is 25.3 Å². The predicted molar refractivity (Wildman–Crippen MR) is 115 cm³/mol. The normalized spacial score (nSPS) is 20.1. The minimum atomic E-state index is -2.94. The number of hydrogen-bond donors (Lipinski definition) is 1. The van der Waals surface area contributed by atoms with E-state index in [-0.39, 0.29) is 25.9 Å². The largest absolute Gasteiger partial charge is 0.493 e. The van der Waals surface area contributed by atoms with Crippen molar-refractivity contribution in [2.45, 2.75) is 19.3 Å². The molecule has 3 rings (SSSR count).